The topological polar surface area (TPSA) is 81.3 Å². The lowest BCUT2D eigenvalue weighted by Crippen LogP contribution is -2.35. The first-order valence-corrected chi connectivity index (χ1v) is 11.4. The summed E-state index contributed by atoms with van der Waals surface area (Å²) in [5, 5.41) is 15.8. The third-order valence-electron chi connectivity index (χ3n) is 5.54. The number of thioether (sulfide) groups is 1. The second kappa shape index (κ2) is 8.63. The molecule has 2 aromatic carbocycles. The molecule has 162 valence electrons. The number of fused-ring (bicyclic) bond motifs is 1. The van der Waals surface area contributed by atoms with Crippen LogP contribution in [-0.4, -0.2) is 45.1 Å². The Hall–Kier alpha value is -3.39. The number of rotatable bonds is 4. The van der Waals surface area contributed by atoms with Crippen LogP contribution in [0.1, 0.15) is 29.5 Å². The lowest BCUT2D eigenvalue weighted by atomic mass is 10.1. The van der Waals surface area contributed by atoms with Crippen molar-refractivity contribution in [3.05, 3.63) is 70.8 Å². The van der Waals surface area contributed by atoms with E-state index in [0.717, 1.165) is 48.0 Å². The summed E-state index contributed by atoms with van der Waals surface area (Å²) >= 11 is 1.36. The highest BCUT2D eigenvalue weighted by molar-refractivity contribution is 8.26. The summed E-state index contributed by atoms with van der Waals surface area (Å²) in [7, 11) is 0. The first kappa shape index (κ1) is 20.5. The number of aliphatic imine (C=N–C) groups is 1. The molecule has 0 saturated carbocycles. The maximum atomic E-state index is 12.6. The fraction of sp³-hybridized carbons (Fsp3) is 0.250. The van der Waals surface area contributed by atoms with Gasteiger partial charge in [-0.15, -0.1) is 5.10 Å². The van der Waals surface area contributed by atoms with Gasteiger partial charge in [0.05, 0.1) is 5.57 Å². The minimum absolute atomic E-state index is 0.0568. The molecule has 8 heteroatoms. The maximum absolute atomic E-state index is 12.6. The zero-order valence-electron chi connectivity index (χ0n) is 17.7. The average Bonchev–Trinajstić information content (AvgIpc) is 3.47. The summed E-state index contributed by atoms with van der Waals surface area (Å²) in [6, 6.07) is 15.7. The van der Waals surface area contributed by atoms with Crippen LogP contribution < -0.4 is 4.74 Å². The van der Waals surface area contributed by atoms with Gasteiger partial charge >= 0.3 is 0 Å². The molecule has 7 nitrogen and oxygen atoms in total. The van der Waals surface area contributed by atoms with E-state index in [1.807, 2.05) is 24.3 Å². The Morgan fingerprint density at radius 3 is 2.50 bits per heavy atom. The zero-order valence-corrected chi connectivity index (χ0v) is 18.6. The predicted octanol–water partition coefficient (Wildman–Crippen LogP) is 4.25. The van der Waals surface area contributed by atoms with Crippen LogP contribution in [0.4, 0.5) is 0 Å². The van der Waals surface area contributed by atoms with Crippen LogP contribution in [0.15, 0.2) is 64.2 Å². The van der Waals surface area contributed by atoms with Gasteiger partial charge in [0.25, 0.3) is 5.91 Å². The summed E-state index contributed by atoms with van der Waals surface area (Å²) in [6.45, 7) is 4.46. The summed E-state index contributed by atoms with van der Waals surface area (Å²) in [4.78, 5) is 19.0. The molecule has 0 aromatic heterocycles. The molecular weight excluding hydrogens is 422 g/mol. The average molecular weight is 446 g/mol. The summed E-state index contributed by atoms with van der Waals surface area (Å²) in [5.41, 5.74) is 3.36. The fourth-order valence-electron chi connectivity index (χ4n) is 3.70. The number of amidine groups is 3. The predicted molar refractivity (Wildman–Crippen MR) is 128 cm³/mol. The zero-order chi connectivity index (χ0) is 22.1. The Morgan fingerprint density at radius 1 is 1.06 bits per heavy atom. The summed E-state index contributed by atoms with van der Waals surface area (Å²) < 4.78 is 5.85. The molecule has 0 aliphatic carbocycles. The molecule has 3 aliphatic heterocycles. The van der Waals surface area contributed by atoms with Gasteiger partial charge in [-0.1, -0.05) is 42.0 Å². The van der Waals surface area contributed by atoms with Gasteiger partial charge in [-0.25, -0.2) is 0 Å². The highest BCUT2D eigenvalue weighted by atomic mass is 32.2. The molecule has 1 fully saturated rings. The van der Waals surface area contributed by atoms with Gasteiger partial charge in [0.1, 0.15) is 12.4 Å². The molecule has 1 amide bonds. The van der Waals surface area contributed by atoms with Crippen LogP contribution in [0, 0.1) is 12.3 Å². The molecule has 2 aromatic rings. The number of hydrogen-bond acceptors (Lipinski definition) is 6. The number of nitrogens with zero attached hydrogens (tertiary/aromatic N) is 4. The van der Waals surface area contributed by atoms with Crippen LogP contribution in [0.2, 0.25) is 0 Å². The van der Waals surface area contributed by atoms with Crippen LogP contribution in [0.3, 0.4) is 0 Å². The van der Waals surface area contributed by atoms with E-state index in [1.54, 1.807) is 6.08 Å². The maximum Gasteiger partial charge on any atom is 0.283 e. The number of hydrogen-bond donors (Lipinski definition) is 1. The quantitative estimate of drug-likeness (QED) is 0.712. The number of carbonyl (C=O) groups is 1. The van der Waals surface area contributed by atoms with Crippen molar-refractivity contribution in [2.45, 2.75) is 26.4 Å². The lowest BCUT2D eigenvalue weighted by Gasteiger charge is -2.20. The Bertz CT molecular complexity index is 1150. The Labute approximate surface area is 191 Å². The number of ether oxygens (including phenoxy) is 1. The third kappa shape index (κ3) is 4.18. The van der Waals surface area contributed by atoms with Crippen molar-refractivity contribution >= 4 is 39.9 Å². The van der Waals surface area contributed by atoms with Crippen LogP contribution >= 0.6 is 11.8 Å². The monoisotopic (exact) mass is 445 g/mol. The third-order valence-corrected chi connectivity index (χ3v) is 6.51. The van der Waals surface area contributed by atoms with Gasteiger partial charge in [0.15, 0.2) is 11.0 Å². The molecule has 0 bridgehead atoms. The highest BCUT2D eigenvalue weighted by Crippen LogP contribution is 2.31. The SMILES string of the molecule is Cc1ccc(COc2ccc(/C=C3/C(=N)N4N=C(N5CCCC5)SC4=NC3=O)cc2)cc1. The molecule has 1 saturated heterocycles. The normalized spacial score (nSPS) is 19.3. The first-order chi connectivity index (χ1) is 15.6. The lowest BCUT2D eigenvalue weighted by molar-refractivity contribution is -0.114. The van der Waals surface area contributed by atoms with E-state index in [0.29, 0.717) is 11.8 Å². The van der Waals surface area contributed by atoms with Crippen LogP contribution in [-0.2, 0) is 11.4 Å². The Morgan fingerprint density at radius 2 is 1.78 bits per heavy atom. The van der Waals surface area contributed by atoms with Gasteiger partial charge in [0.2, 0.25) is 5.17 Å². The molecule has 32 heavy (non-hydrogen) atoms. The number of benzene rings is 2. The molecule has 0 atom stereocenters. The minimum atomic E-state index is -0.411. The van der Waals surface area contributed by atoms with Gasteiger partial charge in [-0.05, 0) is 60.9 Å². The summed E-state index contributed by atoms with van der Waals surface area (Å²) in [5.74, 6) is 0.390. The van der Waals surface area contributed by atoms with E-state index in [1.165, 1.54) is 22.3 Å². The molecule has 5 rings (SSSR count). The van der Waals surface area contributed by atoms with E-state index in [4.69, 9.17) is 10.1 Å². The molecular formula is C24H23N5O2S. The first-order valence-electron chi connectivity index (χ1n) is 10.6. The van der Waals surface area contributed by atoms with Gasteiger partial charge < -0.3 is 9.64 Å². The smallest absolute Gasteiger partial charge is 0.283 e. The second-order valence-corrected chi connectivity index (χ2v) is 8.87. The fourth-order valence-corrected chi connectivity index (χ4v) is 4.64. The van der Waals surface area contributed by atoms with E-state index in [9.17, 15) is 4.79 Å². The molecule has 3 heterocycles. The van der Waals surface area contributed by atoms with E-state index in [2.05, 4.69) is 46.2 Å². The van der Waals surface area contributed by atoms with E-state index >= 15 is 0 Å². The Balaban J connectivity index is 1.28. The van der Waals surface area contributed by atoms with Gasteiger partial charge in [-0.3, -0.25) is 10.2 Å². The van der Waals surface area contributed by atoms with Gasteiger partial charge in [0, 0.05) is 13.1 Å². The highest BCUT2D eigenvalue weighted by Gasteiger charge is 2.37. The van der Waals surface area contributed by atoms with Crippen LogP contribution in [0.25, 0.3) is 6.08 Å². The molecule has 3 aliphatic rings. The largest absolute Gasteiger partial charge is 0.489 e. The van der Waals surface area contributed by atoms with E-state index < -0.39 is 5.91 Å². The number of aryl methyl sites for hydroxylation is 1. The van der Waals surface area contributed by atoms with E-state index in [-0.39, 0.29) is 11.4 Å². The number of nitrogens with one attached hydrogen (secondary N) is 1. The van der Waals surface area contributed by atoms with Crippen molar-refractivity contribution < 1.29 is 9.53 Å². The van der Waals surface area contributed by atoms with Crippen molar-refractivity contribution in [1.29, 1.82) is 5.41 Å². The second-order valence-electron chi connectivity index (χ2n) is 7.94. The Kier molecular flexibility index (Phi) is 5.53. The number of likely N-dealkylation sites (tertiary alicyclic amines) is 1. The van der Waals surface area contributed by atoms with Crippen molar-refractivity contribution in [2.24, 2.45) is 10.1 Å². The van der Waals surface area contributed by atoms with Crippen molar-refractivity contribution in [1.82, 2.24) is 9.91 Å². The van der Waals surface area contributed by atoms with Crippen molar-refractivity contribution in [2.75, 3.05) is 13.1 Å². The molecule has 0 spiro atoms. The van der Waals surface area contributed by atoms with Crippen LogP contribution in [0.5, 0.6) is 5.75 Å². The molecule has 0 unspecified atom stereocenters. The summed E-state index contributed by atoms with van der Waals surface area (Å²) in [6.07, 6.45) is 3.96. The van der Waals surface area contributed by atoms with Crippen molar-refractivity contribution in [3.63, 3.8) is 0 Å². The number of amides is 1. The molecule has 1 N–H and O–H groups in total. The molecule has 0 radical (unpaired) electrons. The number of hydrazone groups is 1. The van der Waals surface area contributed by atoms with Crippen molar-refractivity contribution in [3.8, 4) is 5.75 Å². The van der Waals surface area contributed by atoms with Gasteiger partial charge in [-0.2, -0.15) is 10.0 Å². The standard InChI is InChI=1S/C24H23N5O2S/c1-16-4-6-18(7-5-16)15-31-19-10-8-17(9-11-19)14-20-21(25)29-23(26-22(20)30)32-24(27-29)28-12-2-3-13-28/h4-11,14,25H,2-3,12-13,15H2,1H3/b20-14-,25-21?. The number of carbonyl (C=O) groups excluding carboxylic acids is 1. The minimum Gasteiger partial charge on any atom is -0.489 e.